The summed E-state index contributed by atoms with van der Waals surface area (Å²) in [6.45, 7) is 3.25. The summed E-state index contributed by atoms with van der Waals surface area (Å²) in [6, 6.07) is 27.2. The van der Waals surface area contributed by atoms with Crippen LogP contribution >= 0.6 is 23.2 Å². The smallest absolute Gasteiger partial charge is 0.264 e. The molecule has 1 N–H and O–H groups in total. The summed E-state index contributed by atoms with van der Waals surface area (Å²) in [4.78, 5) is 30.4. The van der Waals surface area contributed by atoms with Crippen molar-refractivity contribution in [3.8, 4) is 0 Å². The van der Waals surface area contributed by atoms with Crippen LogP contribution in [0.3, 0.4) is 0 Å². The highest BCUT2D eigenvalue weighted by molar-refractivity contribution is 7.92. The third kappa shape index (κ3) is 8.74. The molecule has 0 spiro atoms. The van der Waals surface area contributed by atoms with E-state index in [1.165, 1.54) is 17.0 Å². The second kappa shape index (κ2) is 15.4. The van der Waals surface area contributed by atoms with Gasteiger partial charge in [0.15, 0.2) is 0 Å². The quantitative estimate of drug-likeness (QED) is 0.167. The van der Waals surface area contributed by atoms with Crippen molar-refractivity contribution in [2.75, 3.05) is 10.8 Å². The van der Waals surface area contributed by atoms with Crippen LogP contribution in [0.4, 0.5) is 5.69 Å². The van der Waals surface area contributed by atoms with Gasteiger partial charge in [0.2, 0.25) is 11.8 Å². The molecule has 0 radical (unpaired) electrons. The number of carbonyl (C=O) groups excluding carboxylic acids is 2. The zero-order chi connectivity index (χ0) is 33.6. The molecular formula is C37H39Cl2N3O4S. The Morgan fingerprint density at radius 2 is 1.43 bits per heavy atom. The largest absolute Gasteiger partial charge is 0.352 e. The molecule has 246 valence electrons. The highest BCUT2D eigenvalue weighted by Crippen LogP contribution is 2.28. The van der Waals surface area contributed by atoms with Gasteiger partial charge in [-0.15, -0.1) is 0 Å². The van der Waals surface area contributed by atoms with E-state index in [2.05, 4.69) is 5.32 Å². The zero-order valence-electron chi connectivity index (χ0n) is 26.5. The van der Waals surface area contributed by atoms with Crippen LogP contribution in [0.2, 0.25) is 10.0 Å². The van der Waals surface area contributed by atoms with Gasteiger partial charge in [0, 0.05) is 19.0 Å². The molecule has 0 heterocycles. The Morgan fingerprint density at radius 1 is 0.809 bits per heavy atom. The monoisotopic (exact) mass is 691 g/mol. The molecule has 1 aliphatic carbocycles. The summed E-state index contributed by atoms with van der Waals surface area (Å²) in [7, 11) is -4.18. The Labute approximate surface area is 287 Å². The van der Waals surface area contributed by atoms with Gasteiger partial charge >= 0.3 is 0 Å². The van der Waals surface area contributed by atoms with Crippen molar-refractivity contribution in [1.82, 2.24) is 10.2 Å². The van der Waals surface area contributed by atoms with E-state index in [1.807, 2.05) is 50.2 Å². The average Bonchev–Trinajstić information content (AvgIpc) is 3.56. The molecule has 10 heteroatoms. The highest BCUT2D eigenvalue weighted by atomic mass is 35.5. The molecule has 1 aliphatic rings. The van der Waals surface area contributed by atoms with E-state index >= 15 is 0 Å². The minimum atomic E-state index is -4.18. The Bertz CT molecular complexity index is 1790. The molecule has 1 unspecified atom stereocenters. The molecule has 0 aliphatic heterocycles. The summed E-state index contributed by atoms with van der Waals surface area (Å²) in [5.41, 5.74) is 3.60. The normalized spacial score (nSPS) is 14.0. The summed E-state index contributed by atoms with van der Waals surface area (Å²) >= 11 is 12.6. The van der Waals surface area contributed by atoms with Crippen LogP contribution in [0.15, 0.2) is 102 Å². The molecule has 0 aromatic heterocycles. The van der Waals surface area contributed by atoms with Gasteiger partial charge in [-0.3, -0.25) is 13.9 Å². The number of nitrogens with zero attached hydrogens (tertiary/aromatic N) is 2. The fourth-order valence-electron chi connectivity index (χ4n) is 6.10. The first-order chi connectivity index (χ1) is 22.5. The molecule has 7 nitrogen and oxygen atoms in total. The molecule has 2 amide bonds. The van der Waals surface area contributed by atoms with Crippen LogP contribution in [-0.4, -0.2) is 43.8 Å². The second-order valence-corrected chi connectivity index (χ2v) is 14.8. The van der Waals surface area contributed by atoms with Crippen molar-refractivity contribution in [2.24, 2.45) is 0 Å². The van der Waals surface area contributed by atoms with Gasteiger partial charge < -0.3 is 10.2 Å². The lowest BCUT2D eigenvalue weighted by Crippen LogP contribution is -2.54. The maximum absolute atomic E-state index is 14.7. The SMILES string of the molecule is Cc1cc(C)cc(N(CC(=O)N(Cc2ccc(Cl)c(Cl)c2)C(Cc2ccccc2)C(=O)NC2CCCC2)S(=O)(=O)c2ccccc2)c1. The third-order valence-corrected chi connectivity index (χ3v) is 10.9. The number of hydrogen-bond donors (Lipinski definition) is 1. The van der Waals surface area contributed by atoms with Gasteiger partial charge in [-0.2, -0.15) is 0 Å². The van der Waals surface area contributed by atoms with Crippen LogP contribution in [-0.2, 0) is 32.6 Å². The predicted molar refractivity (Wildman–Crippen MR) is 188 cm³/mol. The van der Waals surface area contributed by atoms with Crippen LogP contribution in [0.5, 0.6) is 0 Å². The first-order valence-electron chi connectivity index (χ1n) is 15.7. The molecule has 0 saturated heterocycles. The molecule has 5 rings (SSSR count). The summed E-state index contributed by atoms with van der Waals surface area (Å²) in [6.07, 6.45) is 4.05. The van der Waals surface area contributed by atoms with Crippen molar-refractivity contribution in [3.63, 3.8) is 0 Å². The Hall–Kier alpha value is -3.85. The van der Waals surface area contributed by atoms with Crippen LogP contribution in [0, 0.1) is 13.8 Å². The van der Waals surface area contributed by atoms with Gasteiger partial charge in [0.05, 0.1) is 20.6 Å². The van der Waals surface area contributed by atoms with Crippen molar-refractivity contribution in [3.05, 3.63) is 129 Å². The van der Waals surface area contributed by atoms with Gasteiger partial charge in [0.25, 0.3) is 10.0 Å². The van der Waals surface area contributed by atoms with E-state index in [9.17, 15) is 18.0 Å². The second-order valence-electron chi connectivity index (χ2n) is 12.1. The van der Waals surface area contributed by atoms with E-state index in [4.69, 9.17) is 23.2 Å². The van der Waals surface area contributed by atoms with Gasteiger partial charge in [-0.05, 0) is 85.3 Å². The number of rotatable bonds is 12. The highest BCUT2D eigenvalue weighted by Gasteiger charge is 2.35. The van der Waals surface area contributed by atoms with Crippen LogP contribution < -0.4 is 9.62 Å². The fourth-order valence-corrected chi connectivity index (χ4v) is 7.84. The lowest BCUT2D eigenvalue weighted by atomic mass is 10.0. The average molecular weight is 693 g/mol. The number of anilines is 1. The minimum absolute atomic E-state index is 0.0113. The lowest BCUT2D eigenvalue weighted by molar-refractivity contribution is -0.140. The van der Waals surface area contributed by atoms with Crippen molar-refractivity contribution in [1.29, 1.82) is 0 Å². The molecule has 47 heavy (non-hydrogen) atoms. The maximum atomic E-state index is 14.7. The molecule has 4 aromatic carbocycles. The van der Waals surface area contributed by atoms with Gasteiger partial charge in [0.1, 0.15) is 12.6 Å². The number of benzene rings is 4. The molecular weight excluding hydrogens is 653 g/mol. The van der Waals surface area contributed by atoms with Crippen molar-refractivity contribution >= 4 is 50.7 Å². The van der Waals surface area contributed by atoms with E-state index in [0.29, 0.717) is 21.3 Å². The minimum Gasteiger partial charge on any atom is -0.352 e. The number of sulfonamides is 1. The zero-order valence-corrected chi connectivity index (χ0v) is 28.9. The van der Waals surface area contributed by atoms with Crippen molar-refractivity contribution in [2.45, 2.75) is 69.5 Å². The van der Waals surface area contributed by atoms with Gasteiger partial charge in [-0.25, -0.2) is 8.42 Å². The summed E-state index contributed by atoms with van der Waals surface area (Å²) in [5.74, 6) is -0.810. The predicted octanol–water partition coefficient (Wildman–Crippen LogP) is 7.50. The molecule has 1 saturated carbocycles. The number of halogens is 2. The Morgan fingerprint density at radius 3 is 2.04 bits per heavy atom. The van der Waals surface area contributed by atoms with E-state index in [0.717, 1.165) is 46.7 Å². The molecule has 0 bridgehead atoms. The topological polar surface area (TPSA) is 86.8 Å². The first-order valence-corrected chi connectivity index (χ1v) is 17.9. The molecule has 4 aromatic rings. The number of nitrogens with one attached hydrogen (secondary N) is 1. The summed E-state index contributed by atoms with van der Waals surface area (Å²) < 4.78 is 29.6. The third-order valence-electron chi connectivity index (χ3n) is 8.41. The Balaban J connectivity index is 1.59. The number of carbonyl (C=O) groups is 2. The van der Waals surface area contributed by atoms with Crippen molar-refractivity contribution < 1.29 is 18.0 Å². The summed E-state index contributed by atoms with van der Waals surface area (Å²) in [5, 5.41) is 3.86. The van der Waals surface area contributed by atoms with E-state index in [-0.39, 0.29) is 29.8 Å². The number of amides is 2. The molecule has 1 fully saturated rings. The fraction of sp³-hybridized carbons (Fsp3) is 0.297. The lowest BCUT2D eigenvalue weighted by Gasteiger charge is -2.34. The molecule has 1 atom stereocenters. The van der Waals surface area contributed by atoms with E-state index < -0.39 is 28.5 Å². The van der Waals surface area contributed by atoms with E-state index in [1.54, 1.807) is 48.5 Å². The Kier molecular flexibility index (Phi) is 11.3. The first kappa shape index (κ1) is 34.5. The van der Waals surface area contributed by atoms with Gasteiger partial charge in [-0.1, -0.05) is 96.7 Å². The van der Waals surface area contributed by atoms with Crippen LogP contribution in [0.25, 0.3) is 0 Å². The standard InChI is InChI=1S/C37H39Cl2N3O4S/c1-26-19-27(2)21-31(20-26)42(47(45,46)32-15-7-4-8-16-32)25-36(43)41(24-29-17-18-33(38)34(39)22-29)35(23-28-11-5-3-6-12-28)37(44)40-30-13-9-10-14-30/h3-8,11-12,15-22,30,35H,9-10,13-14,23-25H2,1-2H3,(H,40,44). The number of hydrogen-bond acceptors (Lipinski definition) is 4. The number of aryl methyl sites for hydroxylation is 2. The van der Waals surface area contributed by atoms with Crippen LogP contribution in [0.1, 0.15) is 47.9 Å². The maximum Gasteiger partial charge on any atom is 0.264 e.